The van der Waals surface area contributed by atoms with E-state index in [1.807, 2.05) is 30.3 Å². The molecule has 0 spiro atoms. The lowest BCUT2D eigenvalue weighted by Crippen LogP contribution is -2.34. The largest absolute Gasteiger partial charge is 0.352 e. The van der Waals surface area contributed by atoms with Gasteiger partial charge in [0.25, 0.3) is 5.91 Å². The van der Waals surface area contributed by atoms with Crippen molar-refractivity contribution in [3.63, 3.8) is 0 Å². The number of rotatable bonds is 5. The second kappa shape index (κ2) is 8.10. The molecule has 146 valence electrons. The fourth-order valence-electron chi connectivity index (χ4n) is 3.63. The zero-order valence-electron chi connectivity index (χ0n) is 15.8. The van der Waals surface area contributed by atoms with Gasteiger partial charge in [-0.2, -0.15) is 0 Å². The van der Waals surface area contributed by atoms with Crippen molar-refractivity contribution >= 4 is 11.9 Å². The molecule has 1 unspecified atom stereocenters. The maximum absolute atomic E-state index is 12.4. The average Bonchev–Trinajstić information content (AvgIpc) is 3.14. The number of primary amides is 1. The van der Waals surface area contributed by atoms with E-state index in [1.165, 1.54) is 0 Å². The van der Waals surface area contributed by atoms with E-state index in [0.717, 1.165) is 28.7 Å². The van der Waals surface area contributed by atoms with Crippen molar-refractivity contribution in [2.45, 2.75) is 19.0 Å². The molecule has 2 aromatic heterocycles. The van der Waals surface area contributed by atoms with Gasteiger partial charge in [-0.3, -0.25) is 14.8 Å². The highest BCUT2D eigenvalue weighted by atomic mass is 16.2. The predicted molar refractivity (Wildman–Crippen MR) is 108 cm³/mol. The van der Waals surface area contributed by atoms with Crippen LogP contribution in [0.5, 0.6) is 0 Å². The third kappa shape index (κ3) is 3.94. The third-order valence-corrected chi connectivity index (χ3v) is 5.08. The van der Waals surface area contributed by atoms with E-state index in [0.29, 0.717) is 18.7 Å². The molecule has 7 nitrogen and oxygen atoms in total. The first-order chi connectivity index (χ1) is 14.1. The van der Waals surface area contributed by atoms with E-state index in [2.05, 4.69) is 15.3 Å². The Labute approximate surface area is 168 Å². The van der Waals surface area contributed by atoms with Gasteiger partial charge in [0.2, 0.25) is 0 Å². The number of carbonyl (C=O) groups is 2. The Balaban J connectivity index is 1.45. The molecule has 0 saturated carbocycles. The number of pyridine rings is 2. The van der Waals surface area contributed by atoms with Crippen molar-refractivity contribution in [1.82, 2.24) is 20.2 Å². The zero-order chi connectivity index (χ0) is 20.2. The first kappa shape index (κ1) is 18.6. The van der Waals surface area contributed by atoms with Crippen LogP contribution < -0.4 is 11.1 Å². The van der Waals surface area contributed by atoms with Crippen LogP contribution in [0.15, 0.2) is 67.3 Å². The van der Waals surface area contributed by atoms with Crippen LogP contribution in [-0.4, -0.2) is 33.4 Å². The molecular formula is C22H21N5O2. The quantitative estimate of drug-likeness (QED) is 0.702. The molecule has 3 N–H and O–H groups in total. The standard InChI is InChI=1S/C22H21N5O2/c23-22(29)27-14-18-13-25-10-8-19(18)20(27)16-3-5-17(6-4-16)21(28)26-11-7-15-2-1-9-24-12-15/h1-6,8-10,12-13,20H,7,11,14H2,(H2,23,29)(H,26,28). The summed E-state index contributed by atoms with van der Waals surface area (Å²) in [5, 5.41) is 2.92. The van der Waals surface area contributed by atoms with Crippen LogP contribution in [0.3, 0.4) is 0 Å². The first-order valence-corrected chi connectivity index (χ1v) is 9.39. The summed E-state index contributed by atoms with van der Waals surface area (Å²) in [4.78, 5) is 34.1. The Morgan fingerprint density at radius 1 is 1.07 bits per heavy atom. The number of nitrogens with zero attached hydrogens (tertiary/aromatic N) is 3. The number of hydrogen-bond donors (Lipinski definition) is 2. The van der Waals surface area contributed by atoms with Crippen molar-refractivity contribution in [3.05, 3.63) is 95.1 Å². The Bertz CT molecular complexity index is 1020. The maximum Gasteiger partial charge on any atom is 0.315 e. The maximum atomic E-state index is 12.4. The van der Waals surface area contributed by atoms with Gasteiger partial charge in [-0.25, -0.2) is 4.79 Å². The van der Waals surface area contributed by atoms with Crippen LogP contribution in [0.2, 0.25) is 0 Å². The fraction of sp³-hybridized carbons (Fsp3) is 0.182. The Hall–Kier alpha value is -3.74. The summed E-state index contributed by atoms with van der Waals surface area (Å²) in [6, 6.07) is 12.3. The smallest absolute Gasteiger partial charge is 0.315 e. The number of nitrogens with two attached hydrogens (primary N) is 1. The minimum Gasteiger partial charge on any atom is -0.352 e. The van der Waals surface area contributed by atoms with Crippen molar-refractivity contribution in [3.8, 4) is 0 Å². The minimum absolute atomic E-state index is 0.136. The highest BCUT2D eigenvalue weighted by Gasteiger charge is 2.33. The summed E-state index contributed by atoms with van der Waals surface area (Å²) >= 11 is 0. The van der Waals surface area contributed by atoms with Gasteiger partial charge in [-0.15, -0.1) is 0 Å². The fourth-order valence-corrected chi connectivity index (χ4v) is 3.63. The predicted octanol–water partition coefficient (Wildman–Crippen LogP) is 2.43. The summed E-state index contributed by atoms with van der Waals surface area (Å²) in [5.41, 5.74) is 10.1. The monoisotopic (exact) mass is 387 g/mol. The van der Waals surface area contributed by atoms with Crippen molar-refractivity contribution in [1.29, 1.82) is 0 Å². The molecule has 29 heavy (non-hydrogen) atoms. The second-order valence-electron chi connectivity index (χ2n) is 6.93. The van der Waals surface area contributed by atoms with Crippen LogP contribution in [0, 0.1) is 0 Å². The van der Waals surface area contributed by atoms with Gasteiger partial charge >= 0.3 is 6.03 Å². The first-order valence-electron chi connectivity index (χ1n) is 9.39. The number of hydrogen-bond acceptors (Lipinski definition) is 4. The van der Waals surface area contributed by atoms with E-state index in [1.54, 1.807) is 41.8 Å². The number of amides is 3. The van der Waals surface area contributed by atoms with Gasteiger partial charge < -0.3 is 16.0 Å². The third-order valence-electron chi connectivity index (χ3n) is 5.08. The topological polar surface area (TPSA) is 101 Å². The van der Waals surface area contributed by atoms with E-state index in [4.69, 9.17) is 5.73 Å². The summed E-state index contributed by atoms with van der Waals surface area (Å²) in [7, 11) is 0. The molecule has 3 aromatic rings. The van der Waals surface area contributed by atoms with Crippen molar-refractivity contribution < 1.29 is 9.59 Å². The number of fused-ring (bicyclic) bond motifs is 1. The molecule has 4 rings (SSSR count). The molecule has 1 aliphatic heterocycles. The molecule has 1 atom stereocenters. The molecule has 0 saturated heterocycles. The van der Waals surface area contributed by atoms with Crippen molar-refractivity contribution in [2.24, 2.45) is 5.73 Å². The Kier molecular flexibility index (Phi) is 5.20. The summed E-state index contributed by atoms with van der Waals surface area (Å²) in [6.07, 6.45) is 7.70. The molecular weight excluding hydrogens is 366 g/mol. The van der Waals surface area contributed by atoms with Crippen LogP contribution in [-0.2, 0) is 13.0 Å². The molecule has 3 heterocycles. The van der Waals surface area contributed by atoms with Gasteiger partial charge in [-0.1, -0.05) is 18.2 Å². The molecule has 3 amide bonds. The SMILES string of the molecule is NC(=O)N1Cc2cnccc2C1c1ccc(C(=O)NCCc2cccnc2)cc1. The van der Waals surface area contributed by atoms with Gasteiger partial charge in [0.15, 0.2) is 0 Å². The highest BCUT2D eigenvalue weighted by Crippen LogP contribution is 2.37. The number of urea groups is 1. The molecule has 0 radical (unpaired) electrons. The number of nitrogens with one attached hydrogen (secondary N) is 1. The van der Waals surface area contributed by atoms with Crippen LogP contribution in [0.25, 0.3) is 0 Å². The van der Waals surface area contributed by atoms with Crippen molar-refractivity contribution in [2.75, 3.05) is 6.54 Å². The van der Waals surface area contributed by atoms with Gasteiger partial charge in [0, 0.05) is 36.9 Å². The zero-order valence-corrected chi connectivity index (χ0v) is 15.8. The van der Waals surface area contributed by atoms with E-state index in [-0.39, 0.29) is 11.9 Å². The van der Waals surface area contributed by atoms with Crippen LogP contribution >= 0.6 is 0 Å². The van der Waals surface area contributed by atoms with E-state index >= 15 is 0 Å². The molecule has 1 aliphatic rings. The lowest BCUT2D eigenvalue weighted by atomic mass is 9.98. The minimum atomic E-state index is -0.483. The lowest BCUT2D eigenvalue weighted by Gasteiger charge is -2.24. The average molecular weight is 387 g/mol. The number of carbonyl (C=O) groups excluding carboxylic acids is 2. The van der Waals surface area contributed by atoms with E-state index in [9.17, 15) is 9.59 Å². The Morgan fingerprint density at radius 3 is 2.59 bits per heavy atom. The second-order valence-corrected chi connectivity index (χ2v) is 6.93. The van der Waals surface area contributed by atoms with Gasteiger partial charge in [0.1, 0.15) is 0 Å². The number of benzene rings is 1. The normalized spacial score (nSPS) is 15.0. The molecule has 0 bridgehead atoms. The molecule has 7 heteroatoms. The Morgan fingerprint density at radius 2 is 1.86 bits per heavy atom. The van der Waals surface area contributed by atoms with E-state index < -0.39 is 6.03 Å². The van der Waals surface area contributed by atoms with Gasteiger partial charge in [0.05, 0.1) is 12.6 Å². The summed E-state index contributed by atoms with van der Waals surface area (Å²) < 4.78 is 0. The summed E-state index contributed by atoms with van der Waals surface area (Å²) in [5.74, 6) is -0.136. The highest BCUT2D eigenvalue weighted by molar-refractivity contribution is 5.94. The summed E-state index contributed by atoms with van der Waals surface area (Å²) in [6.45, 7) is 0.963. The molecule has 0 fully saturated rings. The van der Waals surface area contributed by atoms with Gasteiger partial charge in [-0.05, 0) is 52.9 Å². The lowest BCUT2D eigenvalue weighted by molar-refractivity contribution is 0.0954. The van der Waals surface area contributed by atoms with Crippen LogP contribution in [0.1, 0.15) is 38.7 Å². The number of aromatic nitrogens is 2. The van der Waals surface area contributed by atoms with Crippen LogP contribution in [0.4, 0.5) is 4.79 Å². The molecule has 1 aromatic carbocycles. The molecule has 0 aliphatic carbocycles.